The second kappa shape index (κ2) is 8.19. The molecule has 2 fully saturated rings. The predicted octanol–water partition coefficient (Wildman–Crippen LogP) is 2.08. The molecular formula is C20H27N5O2. The highest BCUT2D eigenvalue weighted by atomic mass is 16.5. The molecule has 0 bridgehead atoms. The maximum Gasteiger partial charge on any atom is 0.244 e. The number of piperidine rings is 1. The van der Waals surface area contributed by atoms with Crippen LogP contribution < -0.4 is 5.32 Å². The first-order valence-corrected chi connectivity index (χ1v) is 9.87. The molecule has 27 heavy (non-hydrogen) atoms. The van der Waals surface area contributed by atoms with Crippen LogP contribution in [-0.4, -0.2) is 64.6 Å². The van der Waals surface area contributed by atoms with Crippen LogP contribution in [-0.2, 0) is 4.79 Å². The van der Waals surface area contributed by atoms with Crippen LogP contribution >= 0.6 is 0 Å². The van der Waals surface area contributed by atoms with Gasteiger partial charge in [-0.05, 0) is 26.3 Å². The zero-order valence-corrected chi connectivity index (χ0v) is 15.8. The van der Waals surface area contributed by atoms with E-state index >= 15 is 0 Å². The molecule has 7 nitrogen and oxygen atoms in total. The summed E-state index contributed by atoms with van der Waals surface area (Å²) in [7, 11) is 0. The molecule has 0 saturated carbocycles. The van der Waals surface area contributed by atoms with Crippen molar-refractivity contribution in [2.24, 2.45) is 0 Å². The van der Waals surface area contributed by atoms with E-state index in [-0.39, 0.29) is 18.0 Å². The van der Waals surface area contributed by atoms with Gasteiger partial charge in [0.05, 0.1) is 12.1 Å². The Labute approximate surface area is 159 Å². The number of hydrogen-bond acceptors (Lipinski definition) is 6. The quantitative estimate of drug-likeness (QED) is 0.889. The van der Waals surface area contributed by atoms with E-state index in [2.05, 4.69) is 27.3 Å². The van der Waals surface area contributed by atoms with Gasteiger partial charge in [0.2, 0.25) is 17.6 Å². The molecule has 2 aromatic rings. The summed E-state index contributed by atoms with van der Waals surface area (Å²) in [5.41, 5.74) is 0.954. The lowest BCUT2D eigenvalue weighted by Gasteiger charge is -2.38. The minimum atomic E-state index is 0.00657. The van der Waals surface area contributed by atoms with Crippen LogP contribution in [0, 0.1) is 0 Å². The average Bonchev–Trinajstić information content (AvgIpc) is 3.24. The van der Waals surface area contributed by atoms with Gasteiger partial charge in [0, 0.05) is 31.7 Å². The highest BCUT2D eigenvalue weighted by Gasteiger charge is 2.31. The van der Waals surface area contributed by atoms with Gasteiger partial charge >= 0.3 is 0 Å². The zero-order chi connectivity index (χ0) is 18.6. The third kappa shape index (κ3) is 4.04. The van der Waals surface area contributed by atoms with E-state index in [4.69, 9.17) is 4.52 Å². The molecule has 2 unspecified atom stereocenters. The number of carbonyl (C=O) groups is 1. The lowest BCUT2D eigenvalue weighted by Crippen LogP contribution is -2.55. The van der Waals surface area contributed by atoms with Crippen molar-refractivity contribution in [3.05, 3.63) is 36.2 Å². The van der Waals surface area contributed by atoms with Gasteiger partial charge in [-0.3, -0.25) is 9.69 Å². The van der Waals surface area contributed by atoms with Gasteiger partial charge in [-0.15, -0.1) is 0 Å². The number of nitrogens with one attached hydrogen (secondary N) is 1. The summed E-state index contributed by atoms with van der Waals surface area (Å²) in [6, 6.07) is 9.90. The number of hydrogen-bond donors (Lipinski definition) is 1. The van der Waals surface area contributed by atoms with Gasteiger partial charge in [-0.1, -0.05) is 41.9 Å². The van der Waals surface area contributed by atoms with Gasteiger partial charge in [0.15, 0.2) is 0 Å². The summed E-state index contributed by atoms with van der Waals surface area (Å²) in [6.45, 7) is 6.18. The van der Waals surface area contributed by atoms with Crippen molar-refractivity contribution in [2.45, 2.75) is 38.3 Å². The molecule has 3 heterocycles. The van der Waals surface area contributed by atoms with Crippen LogP contribution in [0.1, 0.15) is 38.1 Å². The smallest absolute Gasteiger partial charge is 0.244 e. The largest absolute Gasteiger partial charge is 0.339 e. The second-order valence-electron chi connectivity index (χ2n) is 7.36. The fraction of sp³-hybridized carbons (Fsp3) is 0.550. The summed E-state index contributed by atoms with van der Waals surface area (Å²) in [5.74, 6) is 1.50. The van der Waals surface area contributed by atoms with Crippen LogP contribution in [0.5, 0.6) is 0 Å². The first-order valence-electron chi connectivity index (χ1n) is 9.87. The Morgan fingerprint density at radius 2 is 1.96 bits per heavy atom. The summed E-state index contributed by atoms with van der Waals surface area (Å²) in [6.07, 6.45) is 3.27. The van der Waals surface area contributed by atoms with Crippen LogP contribution in [0.3, 0.4) is 0 Å². The third-order valence-corrected chi connectivity index (χ3v) is 5.61. The minimum absolute atomic E-state index is 0.00657. The molecular weight excluding hydrogens is 342 g/mol. The standard InChI is InChI=1S/C20H27N5O2/c1-15(19-22-18(23-27-19)16-7-3-2-4-8-16)24-11-13-25(14-12-24)20(26)17-9-5-6-10-21-17/h2-4,7-8,15,17,21H,5-6,9-14H2,1H3. The molecule has 2 atom stereocenters. The Morgan fingerprint density at radius 1 is 1.19 bits per heavy atom. The lowest BCUT2D eigenvalue weighted by molar-refractivity contribution is -0.136. The molecule has 2 saturated heterocycles. The number of piperazine rings is 1. The molecule has 2 aliphatic heterocycles. The Morgan fingerprint density at radius 3 is 2.67 bits per heavy atom. The summed E-state index contributed by atoms with van der Waals surface area (Å²) < 4.78 is 5.51. The second-order valence-corrected chi connectivity index (χ2v) is 7.36. The monoisotopic (exact) mass is 369 g/mol. The van der Waals surface area contributed by atoms with Crippen LogP contribution in [0.4, 0.5) is 0 Å². The summed E-state index contributed by atoms with van der Waals surface area (Å²) in [5, 5.41) is 7.48. The molecule has 4 rings (SSSR count). The predicted molar refractivity (Wildman–Crippen MR) is 102 cm³/mol. The van der Waals surface area contributed by atoms with Crippen molar-refractivity contribution >= 4 is 5.91 Å². The Kier molecular flexibility index (Phi) is 5.50. The van der Waals surface area contributed by atoms with Gasteiger partial charge in [-0.2, -0.15) is 4.98 Å². The van der Waals surface area contributed by atoms with Crippen molar-refractivity contribution in [3.8, 4) is 11.4 Å². The zero-order valence-electron chi connectivity index (χ0n) is 15.8. The van der Waals surface area contributed by atoms with E-state index in [9.17, 15) is 4.79 Å². The van der Waals surface area contributed by atoms with Gasteiger partial charge in [0.25, 0.3) is 0 Å². The third-order valence-electron chi connectivity index (χ3n) is 5.61. The molecule has 0 spiro atoms. The normalized spacial score (nSPS) is 22.6. The van der Waals surface area contributed by atoms with E-state index in [1.165, 1.54) is 6.42 Å². The van der Waals surface area contributed by atoms with Crippen molar-refractivity contribution < 1.29 is 9.32 Å². The van der Waals surface area contributed by atoms with Gasteiger partial charge in [-0.25, -0.2) is 0 Å². The van der Waals surface area contributed by atoms with Crippen LogP contribution in [0.2, 0.25) is 0 Å². The number of nitrogens with zero attached hydrogens (tertiary/aromatic N) is 4. The molecule has 0 aliphatic carbocycles. The van der Waals surface area contributed by atoms with Crippen molar-refractivity contribution in [2.75, 3.05) is 32.7 Å². The molecule has 1 amide bonds. The highest BCUT2D eigenvalue weighted by molar-refractivity contribution is 5.82. The molecule has 144 valence electrons. The topological polar surface area (TPSA) is 74.5 Å². The minimum Gasteiger partial charge on any atom is -0.339 e. The highest BCUT2D eigenvalue weighted by Crippen LogP contribution is 2.23. The van der Waals surface area contributed by atoms with E-state index < -0.39 is 0 Å². The Bertz CT molecular complexity index is 749. The number of benzene rings is 1. The average molecular weight is 369 g/mol. The lowest BCUT2D eigenvalue weighted by atomic mass is 10.0. The van der Waals surface area contributed by atoms with Gasteiger partial charge in [0.1, 0.15) is 0 Å². The molecule has 1 aromatic carbocycles. The molecule has 1 aromatic heterocycles. The van der Waals surface area contributed by atoms with Gasteiger partial charge < -0.3 is 14.7 Å². The number of rotatable bonds is 4. The summed E-state index contributed by atoms with van der Waals surface area (Å²) in [4.78, 5) is 21.5. The number of carbonyl (C=O) groups excluding carboxylic acids is 1. The first-order chi connectivity index (χ1) is 13.2. The fourth-order valence-corrected chi connectivity index (χ4v) is 3.88. The van der Waals surface area contributed by atoms with Crippen LogP contribution in [0.15, 0.2) is 34.9 Å². The molecule has 1 N–H and O–H groups in total. The number of amides is 1. The fourth-order valence-electron chi connectivity index (χ4n) is 3.88. The van der Waals surface area contributed by atoms with Crippen molar-refractivity contribution in [1.82, 2.24) is 25.3 Å². The maximum atomic E-state index is 12.7. The van der Waals surface area contributed by atoms with Crippen LogP contribution in [0.25, 0.3) is 11.4 Å². The molecule has 0 radical (unpaired) electrons. The number of aromatic nitrogens is 2. The Balaban J connectivity index is 1.34. The first kappa shape index (κ1) is 18.1. The van der Waals surface area contributed by atoms with E-state index in [0.717, 1.165) is 51.1 Å². The Hall–Kier alpha value is -2.25. The van der Waals surface area contributed by atoms with E-state index in [0.29, 0.717) is 11.7 Å². The summed E-state index contributed by atoms with van der Waals surface area (Å²) >= 11 is 0. The maximum absolute atomic E-state index is 12.7. The molecule has 2 aliphatic rings. The van der Waals surface area contributed by atoms with Crippen molar-refractivity contribution in [3.63, 3.8) is 0 Å². The SMILES string of the molecule is CC(c1nc(-c2ccccc2)no1)N1CCN(C(=O)C2CCCCN2)CC1. The van der Waals surface area contributed by atoms with Crippen molar-refractivity contribution in [1.29, 1.82) is 0 Å². The van der Waals surface area contributed by atoms with E-state index in [1.807, 2.05) is 35.2 Å². The van der Waals surface area contributed by atoms with E-state index in [1.54, 1.807) is 0 Å². The molecule has 7 heteroatoms.